The molecule has 0 saturated carbocycles. The molecule has 0 atom stereocenters. The van der Waals surface area contributed by atoms with E-state index in [1.54, 1.807) is 18.5 Å². The smallest absolute Gasteiger partial charge is 0.141 e. The monoisotopic (exact) mass is 230 g/mol. The first kappa shape index (κ1) is 10.6. The van der Waals surface area contributed by atoms with Gasteiger partial charge in [0.05, 0.1) is 0 Å². The summed E-state index contributed by atoms with van der Waals surface area (Å²) in [6.07, 6.45) is 3.47. The normalized spacial score (nSPS) is 10.0. The van der Waals surface area contributed by atoms with Crippen molar-refractivity contribution < 1.29 is 0 Å². The van der Waals surface area contributed by atoms with Gasteiger partial charge in [-0.2, -0.15) is 0 Å². The third kappa shape index (κ3) is 2.58. The molecule has 0 unspecified atom stereocenters. The van der Waals surface area contributed by atoms with Crippen LogP contribution in [0.15, 0.2) is 52.6 Å². The van der Waals surface area contributed by atoms with Crippen LogP contribution in [-0.4, -0.2) is 15.8 Å². The second kappa shape index (κ2) is 4.76. The number of nitrogens with one attached hydrogen (secondary N) is 1. The Bertz CT molecular complexity index is 498. The zero-order valence-electron chi connectivity index (χ0n) is 8.42. The molecule has 0 aromatic carbocycles. The van der Waals surface area contributed by atoms with Crippen LogP contribution in [0.5, 0.6) is 0 Å². The molecule has 3 N–H and O–H groups in total. The van der Waals surface area contributed by atoms with E-state index in [2.05, 4.69) is 9.97 Å². The highest BCUT2D eigenvalue weighted by Crippen LogP contribution is 2.24. The van der Waals surface area contributed by atoms with E-state index in [4.69, 9.17) is 11.1 Å². The molecule has 0 spiro atoms. The van der Waals surface area contributed by atoms with Crippen molar-refractivity contribution >= 4 is 17.6 Å². The van der Waals surface area contributed by atoms with Crippen LogP contribution in [0.1, 0.15) is 5.69 Å². The Morgan fingerprint density at radius 3 is 2.62 bits per heavy atom. The van der Waals surface area contributed by atoms with E-state index in [1.165, 1.54) is 11.8 Å². The van der Waals surface area contributed by atoms with Gasteiger partial charge < -0.3 is 5.73 Å². The van der Waals surface area contributed by atoms with Crippen molar-refractivity contribution in [3.8, 4) is 0 Å². The molecule has 0 saturated heterocycles. The second-order valence-electron chi connectivity index (χ2n) is 3.06. The highest BCUT2D eigenvalue weighted by atomic mass is 32.2. The fourth-order valence-electron chi connectivity index (χ4n) is 1.15. The molecule has 2 aromatic rings. The second-order valence-corrected chi connectivity index (χ2v) is 4.15. The molecule has 16 heavy (non-hydrogen) atoms. The number of amidine groups is 1. The molecule has 0 amide bonds. The Labute approximate surface area is 97.4 Å². The minimum Gasteiger partial charge on any atom is -0.382 e. The summed E-state index contributed by atoms with van der Waals surface area (Å²) in [5.41, 5.74) is 5.88. The Morgan fingerprint density at radius 2 is 1.94 bits per heavy atom. The number of hydrogen-bond donors (Lipinski definition) is 2. The molecular formula is C11H10N4S. The number of nitrogens with two attached hydrogens (primary N) is 1. The average Bonchev–Trinajstić information content (AvgIpc) is 2.30. The van der Waals surface area contributed by atoms with Crippen molar-refractivity contribution in [2.75, 3.05) is 0 Å². The molecular weight excluding hydrogens is 220 g/mol. The maximum absolute atomic E-state index is 7.31. The number of rotatable bonds is 3. The van der Waals surface area contributed by atoms with Gasteiger partial charge in [0, 0.05) is 17.3 Å². The molecule has 0 aliphatic heterocycles. The predicted molar refractivity (Wildman–Crippen MR) is 63.6 cm³/mol. The lowest BCUT2D eigenvalue weighted by atomic mass is 10.3. The van der Waals surface area contributed by atoms with Crippen molar-refractivity contribution in [1.82, 2.24) is 9.97 Å². The predicted octanol–water partition coefficient (Wildman–Crippen LogP) is 1.91. The van der Waals surface area contributed by atoms with E-state index >= 15 is 0 Å². The molecule has 0 fully saturated rings. The van der Waals surface area contributed by atoms with Crippen LogP contribution in [0.3, 0.4) is 0 Å². The van der Waals surface area contributed by atoms with E-state index in [0.717, 1.165) is 9.92 Å². The van der Waals surface area contributed by atoms with E-state index in [9.17, 15) is 0 Å². The third-order valence-electron chi connectivity index (χ3n) is 1.87. The topological polar surface area (TPSA) is 75.7 Å². The van der Waals surface area contributed by atoms with Crippen LogP contribution in [0.4, 0.5) is 0 Å². The summed E-state index contributed by atoms with van der Waals surface area (Å²) in [7, 11) is 0. The number of nitrogen functional groups attached to an aromatic ring is 1. The maximum atomic E-state index is 7.31. The van der Waals surface area contributed by atoms with E-state index < -0.39 is 0 Å². The lowest BCUT2D eigenvalue weighted by Crippen LogP contribution is -2.12. The molecule has 0 aliphatic carbocycles. The van der Waals surface area contributed by atoms with Crippen molar-refractivity contribution in [2.45, 2.75) is 9.92 Å². The molecule has 0 aliphatic rings. The largest absolute Gasteiger partial charge is 0.382 e. The first-order valence-electron chi connectivity index (χ1n) is 4.65. The van der Waals surface area contributed by atoms with Crippen molar-refractivity contribution in [3.05, 3.63) is 48.4 Å². The first-order valence-corrected chi connectivity index (χ1v) is 5.47. The molecule has 80 valence electrons. The van der Waals surface area contributed by atoms with Gasteiger partial charge in [0.25, 0.3) is 0 Å². The number of pyridine rings is 2. The minimum absolute atomic E-state index is 0.0165. The summed E-state index contributed by atoms with van der Waals surface area (Å²) in [5.74, 6) is -0.0165. The molecule has 2 heterocycles. The maximum Gasteiger partial charge on any atom is 0.141 e. The standard InChI is InChI=1S/C11H10N4S/c12-11(13)9-2-1-3-10(15-9)16-8-4-6-14-7-5-8/h1-7H,(H3,12,13). The van der Waals surface area contributed by atoms with Crippen LogP contribution in [-0.2, 0) is 0 Å². The highest BCUT2D eigenvalue weighted by Gasteiger charge is 2.01. The molecule has 0 bridgehead atoms. The minimum atomic E-state index is -0.0165. The molecule has 0 radical (unpaired) electrons. The zero-order chi connectivity index (χ0) is 11.4. The van der Waals surface area contributed by atoms with Gasteiger partial charge in [0.1, 0.15) is 16.6 Å². The fraction of sp³-hybridized carbons (Fsp3) is 0. The van der Waals surface area contributed by atoms with Crippen molar-refractivity contribution in [1.29, 1.82) is 5.41 Å². The summed E-state index contributed by atoms with van der Waals surface area (Å²) in [6.45, 7) is 0. The fourth-order valence-corrected chi connectivity index (χ4v) is 1.94. The molecule has 2 rings (SSSR count). The first-order chi connectivity index (χ1) is 7.75. The average molecular weight is 230 g/mol. The molecule has 2 aromatic heterocycles. The van der Waals surface area contributed by atoms with Crippen LogP contribution in [0.25, 0.3) is 0 Å². The zero-order valence-corrected chi connectivity index (χ0v) is 9.24. The summed E-state index contributed by atoms with van der Waals surface area (Å²) >= 11 is 1.52. The number of hydrogen-bond acceptors (Lipinski definition) is 4. The lowest BCUT2D eigenvalue weighted by molar-refractivity contribution is 1.10. The van der Waals surface area contributed by atoms with Gasteiger partial charge in [-0.05, 0) is 24.3 Å². The van der Waals surface area contributed by atoms with Crippen LogP contribution < -0.4 is 5.73 Å². The highest BCUT2D eigenvalue weighted by molar-refractivity contribution is 7.99. The van der Waals surface area contributed by atoms with E-state index in [0.29, 0.717) is 5.69 Å². The van der Waals surface area contributed by atoms with Crippen LogP contribution in [0, 0.1) is 5.41 Å². The number of nitrogens with zero attached hydrogens (tertiary/aromatic N) is 2. The van der Waals surface area contributed by atoms with Gasteiger partial charge >= 0.3 is 0 Å². The van der Waals surface area contributed by atoms with Gasteiger partial charge in [-0.15, -0.1) is 0 Å². The van der Waals surface area contributed by atoms with Crippen molar-refractivity contribution in [2.24, 2.45) is 5.73 Å². The Morgan fingerprint density at radius 1 is 1.19 bits per heavy atom. The Hall–Kier alpha value is -1.88. The van der Waals surface area contributed by atoms with Gasteiger partial charge in [-0.25, -0.2) is 4.98 Å². The van der Waals surface area contributed by atoms with Gasteiger partial charge in [-0.3, -0.25) is 10.4 Å². The summed E-state index contributed by atoms with van der Waals surface area (Å²) in [5, 5.41) is 8.13. The Kier molecular flexibility index (Phi) is 3.16. The van der Waals surface area contributed by atoms with Gasteiger partial charge in [-0.1, -0.05) is 17.8 Å². The SMILES string of the molecule is N=C(N)c1cccc(Sc2ccncc2)n1. The summed E-state index contributed by atoms with van der Waals surface area (Å²) in [6, 6.07) is 9.27. The number of aromatic nitrogens is 2. The van der Waals surface area contributed by atoms with Gasteiger partial charge in [0.15, 0.2) is 0 Å². The van der Waals surface area contributed by atoms with E-state index in [-0.39, 0.29) is 5.84 Å². The molecule has 4 nitrogen and oxygen atoms in total. The van der Waals surface area contributed by atoms with Crippen LogP contribution >= 0.6 is 11.8 Å². The van der Waals surface area contributed by atoms with Crippen molar-refractivity contribution in [3.63, 3.8) is 0 Å². The summed E-state index contributed by atoms with van der Waals surface area (Å²) < 4.78 is 0. The van der Waals surface area contributed by atoms with E-state index in [1.807, 2.05) is 24.3 Å². The lowest BCUT2D eigenvalue weighted by Gasteiger charge is -2.02. The quantitative estimate of drug-likeness (QED) is 0.624. The Balaban J connectivity index is 2.22. The van der Waals surface area contributed by atoms with Gasteiger partial charge in [0.2, 0.25) is 0 Å². The summed E-state index contributed by atoms with van der Waals surface area (Å²) in [4.78, 5) is 9.26. The van der Waals surface area contributed by atoms with Crippen LogP contribution in [0.2, 0.25) is 0 Å². The third-order valence-corrected chi connectivity index (χ3v) is 2.82. The molecule has 5 heteroatoms.